The van der Waals surface area contributed by atoms with Crippen molar-refractivity contribution in [2.45, 2.75) is 32.3 Å². The first-order chi connectivity index (χ1) is 5.24. The third-order valence-electron chi connectivity index (χ3n) is 1.59. The predicted octanol–water partition coefficient (Wildman–Crippen LogP) is 0.417. The molecular weight excluding hydrogens is 144 g/mol. The van der Waals surface area contributed by atoms with Crippen molar-refractivity contribution < 1.29 is 9.63 Å². The summed E-state index contributed by atoms with van der Waals surface area (Å²) < 4.78 is 0. The topological polar surface area (TPSA) is 64.7 Å². The van der Waals surface area contributed by atoms with Crippen LogP contribution < -0.4 is 5.73 Å². The average molecular weight is 156 g/mol. The Morgan fingerprint density at radius 3 is 3.09 bits per heavy atom. The van der Waals surface area contributed by atoms with Crippen molar-refractivity contribution in [3.05, 3.63) is 0 Å². The minimum Gasteiger partial charge on any atom is -0.382 e. The molecule has 1 aliphatic heterocycles. The van der Waals surface area contributed by atoms with Gasteiger partial charge in [-0.3, -0.25) is 4.79 Å². The second-order valence-corrected chi connectivity index (χ2v) is 2.61. The van der Waals surface area contributed by atoms with Gasteiger partial charge in [0.1, 0.15) is 0 Å². The molecule has 0 aromatic heterocycles. The Balaban J connectivity index is 2.36. The van der Waals surface area contributed by atoms with Crippen molar-refractivity contribution in [1.82, 2.24) is 0 Å². The zero-order chi connectivity index (χ0) is 8.27. The highest BCUT2D eigenvalue weighted by atomic mass is 16.6. The lowest BCUT2D eigenvalue weighted by Gasteiger charge is -1.99. The molecule has 4 nitrogen and oxygen atoms in total. The van der Waals surface area contributed by atoms with E-state index in [2.05, 4.69) is 12.1 Å². The van der Waals surface area contributed by atoms with Gasteiger partial charge in [0, 0.05) is 6.42 Å². The van der Waals surface area contributed by atoms with Gasteiger partial charge in [-0.05, 0) is 6.42 Å². The molecule has 1 heterocycles. The molecule has 1 atom stereocenters. The molecular formula is C7H12N2O2. The largest absolute Gasteiger partial charge is 0.382 e. The number of rotatable bonds is 3. The van der Waals surface area contributed by atoms with Crippen molar-refractivity contribution >= 4 is 11.6 Å². The maximum absolute atomic E-state index is 10.6. The summed E-state index contributed by atoms with van der Waals surface area (Å²) in [5.74, 6) is -0.431. The first kappa shape index (κ1) is 8.04. The molecule has 1 unspecified atom stereocenters. The molecule has 0 aromatic rings. The number of nitrogens with two attached hydrogens (primary N) is 1. The minimum atomic E-state index is -0.517. The zero-order valence-corrected chi connectivity index (χ0v) is 6.54. The number of amides is 1. The van der Waals surface area contributed by atoms with Crippen LogP contribution in [0.15, 0.2) is 5.16 Å². The fraction of sp³-hybridized carbons (Fsp3) is 0.714. The molecule has 0 bridgehead atoms. The van der Waals surface area contributed by atoms with E-state index in [4.69, 9.17) is 10.6 Å². The van der Waals surface area contributed by atoms with Gasteiger partial charge in [-0.25, -0.2) is 0 Å². The summed E-state index contributed by atoms with van der Waals surface area (Å²) in [5, 5.41) is 3.74. The molecule has 1 aliphatic rings. The predicted molar refractivity (Wildman–Crippen MR) is 41.0 cm³/mol. The van der Waals surface area contributed by atoms with Crippen LogP contribution in [0.5, 0.6) is 0 Å². The smallest absolute Gasteiger partial charge is 0.261 e. The van der Waals surface area contributed by atoms with Crippen LogP contribution in [0.2, 0.25) is 0 Å². The molecule has 0 spiro atoms. The SMILES string of the molecule is CCCC1=NOC(C(N)=O)C1. The second kappa shape index (κ2) is 3.37. The Hall–Kier alpha value is -1.06. The molecule has 0 fully saturated rings. The lowest BCUT2D eigenvalue weighted by molar-refractivity contribution is -0.127. The van der Waals surface area contributed by atoms with Crippen molar-refractivity contribution in [2.75, 3.05) is 0 Å². The quantitative estimate of drug-likeness (QED) is 0.643. The van der Waals surface area contributed by atoms with Gasteiger partial charge < -0.3 is 10.6 Å². The van der Waals surface area contributed by atoms with E-state index in [9.17, 15) is 4.79 Å². The normalized spacial score (nSPS) is 22.6. The fourth-order valence-corrected chi connectivity index (χ4v) is 1.02. The second-order valence-electron chi connectivity index (χ2n) is 2.61. The maximum Gasteiger partial charge on any atom is 0.261 e. The van der Waals surface area contributed by atoms with E-state index in [0.29, 0.717) is 6.42 Å². The van der Waals surface area contributed by atoms with E-state index in [1.807, 2.05) is 0 Å². The monoisotopic (exact) mass is 156 g/mol. The third kappa shape index (κ3) is 1.93. The van der Waals surface area contributed by atoms with Crippen LogP contribution in [-0.4, -0.2) is 17.7 Å². The molecule has 62 valence electrons. The van der Waals surface area contributed by atoms with Gasteiger partial charge >= 0.3 is 0 Å². The lowest BCUT2D eigenvalue weighted by Crippen LogP contribution is -2.28. The van der Waals surface area contributed by atoms with Crippen molar-refractivity contribution in [3.8, 4) is 0 Å². The summed E-state index contributed by atoms with van der Waals surface area (Å²) in [6, 6.07) is 0. The first-order valence-corrected chi connectivity index (χ1v) is 3.75. The van der Waals surface area contributed by atoms with Gasteiger partial charge in [-0.15, -0.1) is 0 Å². The molecule has 0 radical (unpaired) electrons. The molecule has 1 rings (SSSR count). The van der Waals surface area contributed by atoms with E-state index in [1.54, 1.807) is 0 Å². The van der Waals surface area contributed by atoms with Crippen LogP contribution in [0.1, 0.15) is 26.2 Å². The highest BCUT2D eigenvalue weighted by Crippen LogP contribution is 2.12. The number of carbonyl (C=O) groups excluding carboxylic acids is 1. The Morgan fingerprint density at radius 1 is 1.91 bits per heavy atom. The van der Waals surface area contributed by atoms with Gasteiger partial charge in [0.15, 0.2) is 0 Å². The van der Waals surface area contributed by atoms with Crippen molar-refractivity contribution in [3.63, 3.8) is 0 Å². The Morgan fingerprint density at radius 2 is 2.64 bits per heavy atom. The van der Waals surface area contributed by atoms with Crippen LogP contribution in [-0.2, 0) is 9.63 Å². The van der Waals surface area contributed by atoms with Gasteiger partial charge in [0.2, 0.25) is 6.10 Å². The zero-order valence-electron chi connectivity index (χ0n) is 6.54. The number of carbonyl (C=O) groups is 1. The van der Waals surface area contributed by atoms with Crippen molar-refractivity contribution in [2.24, 2.45) is 10.9 Å². The Labute approximate surface area is 65.4 Å². The molecule has 11 heavy (non-hydrogen) atoms. The number of hydrogen-bond acceptors (Lipinski definition) is 3. The molecule has 1 amide bonds. The summed E-state index contributed by atoms with van der Waals surface area (Å²) in [7, 11) is 0. The highest BCUT2D eigenvalue weighted by molar-refractivity contribution is 5.92. The van der Waals surface area contributed by atoms with E-state index in [-0.39, 0.29) is 0 Å². The molecule has 4 heteroatoms. The number of oxime groups is 1. The molecule has 0 saturated heterocycles. The maximum atomic E-state index is 10.6. The molecule has 0 aliphatic carbocycles. The van der Waals surface area contributed by atoms with Gasteiger partial charge in [0.25, 0.3) is 5.91 Å². The molecule has 0 saturated carbocycles. The number of nitrogens with zero attached hydrogens (tertiary/aromatic N) is 1. The molecule has 0 aromatic carbocycles. The minimum absolute atomic E-state index is 0.431. The number of primary amides is 1. The van der Waals surface area contributed by atoms with Crippen LogP contribution in [0.25, 0.3) is 0 Å². The average Bonchev–Trinajstić information content (AvgIpc) is 2.37. The first-order valence-electron chi connectivity index (χ1n) is 3.75. The van der Waals surface area contributed by atoms with Gasteiger partial charge in [0.05, 0.1) is 5.71 Å². The molecule has 2 N–H and O–H groups in total. The summed E-state index contributed by atoms with van der Waals surface area (Å²) >= 11 is 0. The van der Waals surface area contributed by atoms with Gasteiger partial charge in [-0.1, -0.05) is 18.5 Å². The Bertz CT molecular complexity index is 189. The van der Waals surface area contributed by atoms with Crippen molar-refractivity contribution in [1.29, 1.82) is 0 Å². The third-order valence-corrected chi connectivity index (χ3v) is 1.59. The Kier molecular flexibility index (Phi) is 2.46. The highest BCUT2D eigenvalue weighted by Gasteiger charge is 2.24. The summed E-state index contributed by atoms with van der Waals surface area (Å²) in [6.07, 6.45) is 1.97. The van der Waals surface area contributed by atoms with Crippen LogP contribution in [0.3, 0.4) is 0 Å². The summed E-state index contributed by atoms with van der Waals surface area (Å²) in [6.45, 7) is 2.06. The van der Waals surface area contributed by atoms with E-state index in [1.165, 1.54) is 0 Å². The summed E-state index contributed by atoms with van der Waals surface area (Å²) in [5.41, 5.74) is 5.96. The fourth-order valence-electron chi connectivity index (χ4n) is 1.02. The van der Waals surface area contributed by atoms with E-state index in [0.717, 1.165) is 18.6 Å². The van der Waals surface area contributed by atoms with E-state index >= 15 is 0 Å². The lowest BCUT2D eigenvalue weighted by atomic mass is 10.1. The summed E-state index contributed by atoms with van der Waals surface area (Å²) in [4.78, 5) is 15.4. The van der Waals surface area contributed by atoms with E-state index < -0.39 is 12.0 Å². The van der Waals surface area contributed by atoms with Crippen LogP contribution >= 0.6 is 0 Å². The van der Waals surface area contributed by atoms with Gasteiger partial charge in [-0.2, -0.15) is 0 Å². The van der Waals surface area contributed by atoms with Crippen LogP contribution in [0.4, 0.5) is 0 Å². The number of hydrogen-bond donors (Lipinski definition) is 1. The van der Waals surface area contributed by atoms with Crippen LogP contribution in [0, 0.1) is 0 Å². The standard InChI is InChI=1S/C7H12N2O2/c1-2-3-5-4-6(7(8)10)11-9-5/h6H,2-4H2,1H3,(H2,8,10).